The molecule has 1 aliphatic carbocycles. The molecule has 1 aliphatic rings. The molecule has 0 spiro atoms. The molecule has 0 bridgehead atoms. The Morgan fingerprint density at radius 3 is 2.58 bits per heavy atom. The molecule has 3 nitrogen and oxygen atoms in total. The Balaban J connectivity index is 2.35. The molecule has 0 saturated heterocycles. The van der Waals surface area contributed by atoms with E-state index in [1.54, 1.807) is 6.08 Å². The van der Waals surface area contributed by atoms with Crippen molar-refractivity contribution in [3.8, 4) is 0 Å². The summed E-state index contributed by atoms with van der Waals surface area (Å²) >= 11 is 3.63. The van der Waals surface area contributed by atoms with Gasteiger partial charge >= 0.3 is 0 Å². The van der Waals surface area contributed by atoms with Crippen molar-refractivity contribution in [3.05, 3.63) is 33.8 Å². The fourth-order valence-electron chi connectivity index (χ4n) is 2.82. The molecule has 0 aliphatic heterocycles. The van der Waals surface area contributed by atoms with Gasteiger partial charge in [-0.3, -0.25) is 0 Å². The Kier molecular flexibility index (Phi) is 4.56. The lowest BCUT2D eigenvalue weighted by atomic mass is 9.88. The lowest BCUT2D eigenvalue weighted by Crippen LogP contribution is -2.19. The van der Waals surface area contributed by atoms with Crippen LogP contribution in [0.1, 0.15) is 36.8 Å². The monoisotopic (exact) mass is 322 g/mol. The molecule has 19 heavy (non-hydrogen) atoms. The minimum absolute atomic E-state index is 0.332. The SMILES string of the molecule is CN(C)Cc1ccc(C2(N=C=O)CCCC2)cc1Br. The summed E-state index contributed by atoms with van der Waals surface area (Å²) in [6.07, 6.45) is 5.91. The maximum absolute atomic E-state index is 10.7. The number of benzene rings is 1. The molecule has 0 heterocycles. The minimum Gasteiger partial charge on any atom is -0.305 e. The number of nitrogens with zero attached hydrogens (tertiary/aromatic N) is 2. The maximum Gasteiger partial charge on any atom is 0.235 e. The van der Waals surface area contributed by atoms with Crippen LogP contribution in [0.3, 0.4) is 0 Å². The van der Waals surface area contributed by atoms with Crippen molar-refractivity contribution in [2.45, 2.75) is 37.8 Å². The van der Waals surface area contributed by atoms with Crippen LogP contribution < -0.4 is 0 Å². The summed E-state index contributed by atoms with van der Waals surface area (Å²) in [7, 11) is 4.10. The highest BCUT2D eigenvalue weighted by molar-refractivity contribution is 9.10. The molecule has 2 rings (SSSR count). The first-order chi connectivity index (χ1) is 9.07. The molecule has 1 aromatic carbocycles. The summed E-state index contributed by atoms with van der Waals surface area (Å²) in [5, 5.41) is 0. The second-order valence-electron chi connectivity index (χ2n) is 5.49. The van der Waals surface area contributed by atoms with Crippen LogP contribution in [0, 0.1) is 0 Å². The zero-order valence-corrected chi connectivity index (χ0v) is 13.0. The van der Waals surface area contributed by atoms with Crippen molar-refractivity contribution in [2.75, 3.05) is 14.1 Å². The van der Waals surface area contributed by atoms with Gasteiger partial charge in [0, 0.05) is 11.0 Å². The average Bonchev–Trinajstić information content (AvgIpc) is 2.81. The molecule has 0 atom stereocenters. The van der Waals surface area contributed by atoms with E-state index in [0.29, 0.717) is 0 Å². The lowest BCUT2D eigenvalue weighted by molar-refractivity contribution is 0.401. The van der Waals surface area contributed by atoms with Crippen LogP contribution in [0.5, 0.6) is 0 Å². The Morgan fingerprint density at radius 2 is 2.05 bits per heavy atom. The third-order valence-corrected chi connectivity index (χ3v) is 4.51. The van der Waals surface area contributed by atoms with E-state index < -0.39 is 0 Å². The summed E-state index contributed by atoms with van der Waals surface area (Å²) in [4.78, 5) is 17.0. The fraction of sp³-hybridized carbons (Fsp3) is 0.533. The predicted molar refractivity (Wildman–Crippen MR) is 79.8 cm³/mol. The molecule has 0 N–H and O–H groups in total. The molecular formula is C15H19BrN2O. The van der Waals surface area contributed by atoms with Crippen LogP contribution in [-0.4, -0.2) is 25.1 Å². The number of aliphatic imine (C=N–C) groups is 1. The zero-order valence-electron chi connectivity index (χ0n) is 11.4. The first-order valence-electron chi connectivity index (χ1n) is 6.60. The third kappa shape index (κ3) is 3.14. The molecule has 0 radical (unpaired) electrons. The number of hydrogen-bond donors (Lipinski definition) is 0. The van der Waals surface area contributed by atoms with E-state index in [9.17, 15) is 4.79 Å². The van der Waals surface area contributed by atoms with E-state index in [1.807, 2.05) is 0 Å². The Bertz CT molecular complexity index is 501. The van der Waals surface area contributed by atoms with Crippen molar-refractivity contribution in [1.29, 1.82) is 0 Å². The Hall–Kier alpha value is -0.960. The van der Waals surface area contributed by atoms with Crippen LogP contribution in [-0.2, 0) is 16.9 Å². The minimum atomic E-state index is -0.332. The van der Waals surface area contributed by atoms with E-state index >= 15 is 0 Å². The third-order valence-electron chi connectivity index (χ3n) is 3.77. The van der Waals surface area contributed by atoms with E-state index in [2.05, 4.69) is 58.1 Å². The standard InChI is InChI=1S/C15H19BrN2O/c1-18(2)10-12-5-6-13(9-14(12)16)15(17-11-19)7-3-4-8-15/h5-6,9H,3-4,7-8,10H2,1-2H3. The van der Waals surface area contributed by atoms with Gasteiger partial charge in [0.2, 0.25) is 6.08 Å². The predicted octanol–water partition coefficient (Wildman–Crippen LogP) is 3.62. The molecule has 4 heteroatoms. The summed E-state index contributed by atoms with van der Waals surface area (Å²) < 4.78 is 1.09. The number of halogens is 1. The van der Waals surface area contributed by atoms with E-state index in [4.69, 9.17) is 0 Å². The number of hydrogen-bond acceptors (Lipinski definition) is 3. The summed E-state index contributed by atoms with van der Waals surface area (Å²) in [5.74, 6) is 0. The summed E-state index contributed by atoms with van der Waals surface area (Å²) in [6, 6.07) is 6.35. The molecule has 0 unspecified atom stereocenters. The largest absolute Gasteiger partial charge is 0.305 e. The van der Waals surface area contributed by atoms with Gasteiger partial charge in [0.05, 0.1) is 5.54 Å². The Morgan fingerprint density at radius 1 is 1.37 bits per heavy atom. The zero-order chi connectivity index (χ0) is 13.9. The van der Waals surface area contributed by atoms with Gasteiger partial charge in [-0.2, -0.15) is 4.99 Å². The van der Waals surface area contributed by atoms with E-state index in [1.165, 1.54) is 5.56 Å². The van der Waals surface area contributed by atoms with Crippen molar-refractivity contribution in [2.24, 2.45) is 4.99 Å². The van der Waals surface area contributed by atoms with Gasteiger partial charge in [0.15, 0.2) is 0 Å². The topological polar surface area (TPSA) is 32.7 Å². The smallest absolute Gasteiger partial charge is 0.235 e. The highest BCUT2D eigenvalue weighted by atomic mass is 79.9. The van der Waals surface area contributed by atoms with Crippen molar-refractivity contribution >= 4 is 22.0 Å². The molecule has 102 valence electrons. The van der Waals surface area contributed by atoms with E-state index in [-0.39, 0.29) is 5.54 Å². The maximum atomic E-state index is 10.7. The van der Waals surface area contributed by atoms with Crippen LogP contribution in [0.25, 0.3) is 0 Å². The van der Waals surface area contributed by atoms with Gasteiger partial charge in [-0.25, -0.2) is 4.79 Å². The number of rotatable bonds is 4. The van der Waals surface area contributed by atoms with Gasteiger partial charge in [-0.05, 0) is 44.1 Å². The second-order valence-corrected chi connectivity index (χ2v) is 6.34. The first-order valence-corrected chi connectivity index (χ1v) is 7.39. The number of isocyanates is 1. The van der Waals surface area contributed by atoms with E-state index in [0.717, 1.165) is 42.3 Å². The molecule has 1 saturated carbocycles. The van der Waals surface area contributed by atoms with Crippen molar-refractivity contribution in [1.82, 2.24) is 4.90 Å². The quantitative estimate of drug-likeness (QED) is 0.626. The van der Waals surface area contributed by atoms with Crippen LogP contribution in [0.15, 0.2) is 27.7 Å². The first kappa shape index (κ1) is 14.4. The van der Waals surface area contributed by atoms with Gasteiger partial charge in [-0.15, -0.1) is 0 Å². The van der Waals surface area contributed by atoms with Crippen LogP contribution >= 0.6 is 15.9 Å². The van der Waals surface area contributed by atoms with Crippen molar-refractivity contribution in [3.63, 3.8) is 0 Å². The molecule has 1 fully saturated rings. The lowest BCUT2D eigenvalue weighted by Gasteiger charge is -2.24. The van der Waals surface area contributed by atoms with Crippen LogP contribution in [0.4, 0.5) is 0 Å². The fourth-order valence-corrected chi connectivity index (χ4v) is 3.32. The Labute approximate surface area is 122 Å². The summed E-state index contributed by atoms with van der Waals surface area (Å²) in [6.45, 7) is 0.894. The summed E-state index contributed by atoms with van der Waals surface area (Å²) in [5.41, 5.74) is 2.04. The highest BCUT2D eigenvalue weighted by Crippen LogP contribution is 2.43. The molecule has 0 amide bonds. The molecule has 0 aromatic heterocycles. The van der Waals surface area contributed by atoms with Gasteiger partial charge in [-0.1, -0.05) is 40.9 Å². The van der Waals surface area contributed by atoms with Gasteiger partial charge < -0.3 is 4.90 Å². The highest BCUT2D eigenvalue weighted by Gasteiger charge is 2.35. The normalized spacial score (nSPS) is 17.5. The average molecular weight is 323 g/mol. The van der Waals surface area contributed by atoms with Crippen molar-refractivity contribution < 1.29 is 4.79 Å². The van der Waals surface area contributed by atoms with Gasteiger partial charge in [0.1, 0.15) is 0 Å². The van der Waals surface area contributed by atoms with Crippen LogP contribution in [0.2, 0.25) is 0 Å². The number of carbonyl (C=O) groups excluding carboxylic acids is 1. The molecular weight excluding hydrogens is 304 g/mol. The second kappa shape index (κ2) is 6.00. The molecule has 1 aromatic rings. The van der Waals surface area contributed by atoms with Gasteiger partial charge in [0.25, 0.3) is 0 Å².